The van der Waals surface area contributed by atoms with E-state index < -0.39 is 0 Å². The summed E-state index contributed by atoms with van der Waals surface area (Å²) in [7, 11) is 0. The van der Waals surface area contributed by atoms with Gasteiger partial charge in [-0.15, -0.1) is 5.10 Å². The van der Waals surface area contributed by atoms with E-state index >= 15 is 0 Å². The zero-order chi connectivity index (χ0) is 19.6. The fraction of sp³-hybridized carbons (Fsp3) is 0.389. The highest BCUT2D eigenvalue weighted by Crippen LogP contribution is 2.54. The molecule has 0 spiro atoms. The number of halogens is 2. The van der Waals surface area contributed by atoms with Crippen molar-refractivity contribution in [3.05, 3.63) is 51.2 Å². The Kier molecular flexibility index (Phi) is 3.77. The summed E-state index contributed by atoms with van der Waals surface area (Å²) in [4.78, 5) is 26.2. The fourth-order valence-electron chi connectivity index (χ4n) is 4.11. The van der Waals surface area contributed by atoms with Gasteiger partial charge in [0.25, 0.3) is 5.56 Å². The number of rotatable bonds is 3. The van der Waals surface area contributed by atoms with Gasteiger partial charge in [-0.2, -0.15) is 5.10 Å². The molecule has 3 atom stereocenters. The van der Waals surface area contributed by atoms with E-state index in [9.17, 15) is 14.0 Å². The lowest BCUT2D eigenvalue weighted by molar-refractivity contribution is -0.128. The zero-order valence-corrected chi connectivity index (χ0v) is 15.7. The number of piperidine rings is 1. The second-order valence-corrected chi connectivity index (χ2v) is 7.68. The number of nitrogens with zero attached hydrogens (tertiary/aromatic N) is 6. The Morgan fingerprint density at radius 2 is 1.96 bits per heavy atom. The maximum Gasteiger partial charge on any atom is 0.298 e. The van der Waals surface area contributed by atoms with Crippen molar-refractivity contribution < 1.29 is 9.18 Å². The lowest BCUT2D eigenvalue weighted by Crippen LogP contribution is -2.32. The maximum atomic E-state index is 13.9. The lowest BCUT2D eigenvalue weighted by Gasteiger charge is -2.17. The van der Waals surface area contributed by atoms with E-state index in [1.807, 2.05) is 0 Å². The summed E-state index contributed by atoms with van der Waals surface area (Å²) in [6, 6.07) is 6.24. The monoisotopic (exact) mass is 402 g/mol. The summed E-state index contributed by atoms with van der Waals surface area (Å²) >= 11 is 6.31. The highest BCUT2D eigenvalue weighted by atomic mass is 35.5. The molecule has 0 bridgehead atoms. The minimum absolute atomic E-state index is 0.0403. The van der Waals surface area contributed by atoms with E-state index in [0.717, 1.165) is 0 Å². The summed E-state index contributed by atoms with van der Waals surface area (Å²) in [6.07, 6.45) is 0. The van der Waals surface area contributed by atoms with E-state index in [1.54, 1.807) is 30.0 Å². The maximum absolute atomic E-state index is 13.9. The molecule has 2 fully saturated rings. The van der Waals surface area contributed by atoms with Crippen LogP contribution in [0.25, 0.3) is 11.0 Å². The molecule has 1 saturated heterocycles. The predicted molar refractivity (Wildman–Crippen MR) is 98.4 cm³/mol. The minimum atomic E-state index is -0.373. The normalized spacial score (nSPS) is 23.2. The number of benzene rings is 1. The molecule has 5 rings (SSSR count). The lowest BCUT2D eigenvalue weighted by atomic mass is 10.2. The topological polar surface area (TPSA) is 85.9 Å². The summed E-state index contributed by atoms with van der Waals surface area (Å²) in [5.74, 6) is 0.0922. The van der Waals surface area contributed by atoms with Crippen LogP contribution in [-0.2, 0) is 11.3 Å². The van der Waals surface area contributed by atoms with Crippen molar-refractivity contribution in [2.24, 2.45) is 11.8 Å². The van der Waals surface area contributed by atoms with Gasteiger partial charge < -0.3 is 4.90 Å². The van der Waals surface area contributed by atoms with Crippen LogP contribution in [0.4, 0.5) is 4.39 Å². The second kappa shape index (κ2) is 6.10. The molecule has 1 aliphatic carbocycles. The molecular weight excluding hydrogens is 387 g/mol. The van der Waals surface area contributed by atoms with E-state index in [1.165, 1.54) is 15.4 Å². The van der Waals surface area contributed by atoms with Crippen LogP contribution in [0.2, 0.25) is 5.15 Å². The average molecular weight is 403 g/mol. The highest BCUT2D eigenvalue weighted by molar-refractivity contribution is 6.33. The molecule has 1 amide bonds. The molecular formula is C18H16ClFN6O2. The Labute approximate surface area is 163 Å². The number of hydrogen-bond acceptors (Lipinski definition) is 5. The first kappa shape index (κ1) is 17.3. The molecule has 1 aromatic carbocycles. The minimum Gasteiger partial charge on any atom is -0.342 e. The largest absolute Gasteiger partial charge is 0.342 e. The Hall–Kier alpha value is -2.81. The van der Waals surface area contributed by atoms with Gasteiger partial charge in [-0.25, -0.2) is 13.8 Å². The molecule has 0 N–H and O–H groups in total. The SMILES string of the molecule is CC(=O)N1C[C@@H]2[C@H](C1)[C@@H]2n1nnc2c(Cl)n(Cc3ccccc3F)nc2c1=O. The first-order chi connectivity index (χ1) is 13.5. The number of amides is 1. The zero-order valence-electron chi connectivity index (χ0n) is 14.9. The predicted octanol–water partition coefficient (Wildman–Crippen LogP) is 1.48. The summed E-state index contributed by atoms with van der Waals surface area (Å²) < 4.78 is 16.6. The summed E-state index contributed by atoms with van der Waals surface area (Å²) in [5, 5.41) is 12.6. The number of fused-ring (bicyclic) bond motifs is 2. The van der Waals surface area contributed by atoms with Crippen molar-refractivity contribution in [1.82, 2.24) is 29.7 Å². The van der Waals surface area contributed by atoms with E-state index in [4.69, 9.17) is 11.6 Å². The summed E-state index contributed by atoms with van der Waals surface area (Å²) in [6.45, 7) is 2.88. The van der Waals surface area contributed by atoms with Crippen LogP contribution < -0.4 is 5.56 Å². The van der Waals surface area contributed by atoms with E-state index in [0.29, 0.717) is 18.7 Å². The van der Waals surface area contributed by atoms with Crippen LogP contribution >= 0.6 is 11.6 Å². The molecule has 8 nitrogen and oxygen atoms in total. The first-order valence-electron chi connectivity index (χ1n) is 8.96. The molecule has 1 saturated carbocycles. The standard InChI is InChI=1S/C18H16ClFN6O2/c1-9(27)24-7-11-12(8-24)16(11)26-18(28)15-14(21-23-26)17(19)25(22-15)6-10-4-2-3-5-13(10)20/h2-5,11-12,16H,6-8H2,1H3/t11-,12+,16-. The van der Waals surface area contributed by atoms with Crippen molar-refractivity contribution in [2.75, 3.05) is 13.1 Å². The molecule has 0 radical (unpaired) electrons. The smallest absolute Gasteiger partial charge is 0.298 e. The van der Waals surface area contributed by atoms with E-state index in [2.05, 4.69) is 15.4 Å². The van der Waals surface area contributed by atoms with Gasteiger partial charge in [0.05, 0.1) is 12.6 Å². The Morgan fingerprint density at radius 3 is 2.64 bits per heavy atom. The third-order valence-electron chi connectivity index (χ3n) is 5.67. The third-order valence-corrected chi connectivity index (χ3v) is 6.05. The van der Waals surface area contributed by atoms with Gasteiger partial charge in [0.1, 0.15) is 5.82 Å². The van der Waals surface area contributed by atoms with Gasteiger partial charge in [-0.3, -0.25) is 9.59 Å². The van der Waals surface area contributed by atoms with Crippen LogP contribution in [0.3, 0.4) is 0 Å². The molecule has 2 aromatic heterocycles. The van der Waals surface area contributed by atoms with Gasteiger partial charge in [0.15, 0.2) is 16.2 Å². The number of hydrogen-bond donors (Lipinski definition) is 0. The Morgan fingerprint density at radius 1 is 1.25 bits per heavy atom. The Balaban J connectivity index is 1.47. The van der Waals surface area contributed by atoms with Crippen molar-refractivity contribution in [1.29, 1.82) is 0 Å². The fourth-order valence-corrected chi connectivity index (χ4v) is 4.33. The van der Waals surface area contributed by atoms with Gasteiger partial charge in [-0.1, -0.05) is 35.0 Å². The van der Waals surface area contributed by atoms with E-state index in [-0.39, 0.29) is 57.9 Å². The number of likely N-dealkylation sites (tertiary alicyclic amines) is 1. The van der Waals surface area contributed by atoms with Gasteiger partial charge in [-0.05, 0) is 6.07 Å². The molecule has 3 heterocycles. The van der Waals surface area contributed by atoms with Gasteiger partial charge >= 0.3 is 0 Å². The van der Waals surface area contributed by atoms with Crippen LogP contribution in [0.5, 0.6) is 0 Å². The van der Waals surface area contributed by atoms with Crippen LogP contribution in [-0.4, -0.2) is 48.7 Å². The molecule has 2 aliphatic rings. The average Bonchev–Trinajstić information content (AvgIpc) is 2.99. The quantitative estimate of drug-likeness (QED) is 0.662. The first-order valence-corrected chi connectivity index (χ1v) is 9.34. The Bertz CT molecular complexity index is 1160. The van der Waals surface area contributed by atoms with Crippen molar-refractivity contribution in [3.63, 3.8) is 0 Å². The molecule has 1 aliphatic heterocycles. The van der Waals surface area contributed by atoms with Crippen LogP contribution in [0.15, 0.2) is 29.1 Å². The molecule has 28 heavy (non-hydrogen) atoms. The molecule has 3 aromatic rings. The number of aromatic nitrogens is 5. The third kappa shape index (κ3) is 2.53. The van der Waals surface area contributed by atoms with Crippen molar-refractivity contribution in [3.8, 4) is 0 Å². The molecule has 10 heteroatoms. The number of carbonyl (C=O) groups excluding carboxylic acids is 1. The van der Waals surface area contributed by atoms with Crippen LogP contribution in [0.1, 0.15) is 18.5 Å². The van der Waals surface area contributed by atoms with Gasteiger partial charge in [0.2, 0.25) is 5.91 Å². The van der Waals surface area contributed by atoms with Gasteiger partial charge in [0, 0.05) is 37.4 Å². The van der Waals surface area contributed by atoms with Crippen molar-refractivity contribution in [2.45, 2.75) is 19.5 Å². The molecule has 144 valence electrons. The number of carbonyl (C=O) groups is 1. The second-order valence-electron chi connectivity index (χ2n) is 7.32. The summed E-state index contributed by atoms with van der Waals surface area (Å²) in [5.41, 5.74) is 0.361. The highest BCUT2D eigenvalue weighted by Gasteiger charge is 2.58. The molecule has 0 unspecified atom stereocenters. The van der Waals surface area contributed by atoms with Crippen molar-refractivity contribution >= 4 is 28.5 Å². The van der Waals surface area contributed by atoms with Crippen LogP contribution in [0, 0.1) is 17.7 Å².